The number of rotatable bonds is 5. The number of fused-ring (bicyclic) bond motifs is 3. The summed E-state index contributed by atoms with van der Waals surface area (Å²) in [7, 11) is 0. The molecule has 0 unspecified atom stereocenters. The second-order valence-electron chi connectivity index (χ2n) is 11.5. The molecule has 5 rings (SSSR count). The Morgan fingerprint density at radius 3 is 2.75 bits per heavy atom. The SMILES string of the molecule is C[C@@H]1CCc2ncnc(N3CC4(CCN(C(=O)OC(C)(C)C)CC4)c4c(CNCCO)cccc43)c21. The van der Waals surface area contributed by atoms with Gasteiger partial charge in [0.15, 0.2) is 0 Å². The third-order valence-corrected chi connectivity index (χ3v) is 7.89. The van der Waals surface area contributed by atoms with E-state index in [2.05, 4.69) is 40.3 Å². The van der Waals surface area contributed by atoms with E-state index in [1.807, 2.05) is 25.7 Å². The second-order valence-corrected chi connectivity index (χ2v) is 11.5. The maximum atomic E-state index is 12.8. The second kappa shape index (κ2) is 9.63. The van der Waals surface area contributed by atoms with Crippen molar-refractivity contribution < 1.29 is 14.6 Å². The summed E-state index contributed by atoms with van der Waals surface area (Å²) in [6.45, 7) is 11.6. The van der Waals surface area contributed by atoms with Gasteiger partial charge in [0.2, 0.25) is 0 Å². The minimum Gasteiger partial charge on any atom is -0.444 e. The summed E-state index contributed by atoms with van der Waals surface area (Å²) >= 11 is 0. The third kappa shape index (κ3) is 4.57. The largest absolute Gasteiger partial charge is 0.444 e. The number of benzene rings is 1. The van der Waals surface area contributed by atoms with E-state index >= 15 is 0 Å². The number of nitrogens with zero attached hydrogens (tertiary/aromatic N) is 4. The molecule has 1 saturated heterocycles. The van der Waals surface area contributed by atoms with Crippen LogP contribution in [0.25, 0.3) is 0 Å². The van der Waals surface area contributed by atoms with E-state index in [1.54, 1.807) is 6.33 Å². The minimum absolute atomic E-state index is 0.0784. The summed E-state index contributed by atoms with van der Waals surface area (Å²) in [4.78, 5) is 26.5. The van der Waals surface area contributed by atoms with Crippen LogP contribution in [0.1, 0.15) is 75.3 Å². The predicted molar refractivity (Wildman–Crippen MR) is 140 cm³/mol. The van der Waals surface area contributed by atoms with E-state index in [9.17, 15) is 9.90 Å². The molecular formula is C28H39N5O3. The van der Waals surface area contributed by atoms with Crippen LogP contribution in [0.5, 0.6) is 0 Å². The quantitative estimate of drug-likeness (QED) is 0.608. The Labute approximate surface area is 214 Å². The topological polar surface area (TPSA) is 90.8 Å². The Morgan fingerprint density at radius 2 is 2.03 bits per heavy atom. The molecule has 3 heterocycles. The molecular weight excluding hydrogens is 454 g/mol. The molecule has 1 spiro atoms. The fourth-order valence-electron chi connectivity index (χ4n) is 6.22. The Kier molecular flexibility index (Phi) is 6.68. The molecule has 1 amide bonds. The van der Waals surface area contributed by atoms with E-state index in [4.69, 9.17) is 9.72 Å². The normalized spacial score (nSPS) is 20.5. The first kappa shape index (κ1) is 25.0. The van der Waals surface area contributed by atoms with Gasteiger partial charge < -0.3 is 25.0 Å². The molecule has 2 N–H and O–H groups in total. The van der Waals surface area contributed by atoms with Crippen molar-refractivity contribution in [2.75, 3.05) is 37.7 Å². The lowest BCUT2D eigenvalue weighted by atomic mass is 9.72. The number of piperidine rings is 1. The first-order valence-corrected chi connectivity index (χ1v) is 13.3. The number of nitrogens with one attached hydrogen (secondary N) is 1. The lowest BCUT2D eigenvalue weighted by molar-refractivity contribution is 0.0170. The number of aryl methyl sites for hydroxylation is 1. The van der Waals surface area contributed by atoms with E-state index in [-0.39, 0.29) is 18.1 Å². The van der Waals surface area contributed by atoms with Crippen LogP contribution in [0.2, 0.25) is 0 Å². The highest BCUT2D eigenvalue weighted by atomic mass is 16.6. The number of aliphatic hydroxyl groups excluding tert-OH is 1. The number of carbonyl (C=O) groups excluding carboxylic acids is 1. The van der Waals surface area contributed by atoms with Crippen LogP contribution in [0.4, 0.5) is 16.3 Å². The van der Waals surface area contributed by atoms with Gasteiger partial charge in [0.05, 0.1) is 6.61 Å². The number of ether oxygens (including phenoxy) is 1. The molecule has 1 fully saturated rings. The van der Waals surface area contributed by atoms with Gasteiger partial charge in [-0.2, -0.15) is 0 Å². The van der Waals surface area contributed by atoms with Gasteiger partial charge in [0, 0.05) is 55.1 Å². The van der Waals surface area contributed by atoms with Crippen LogP contribution in [-0.4, -0.2) is 64.5 Å². The molecule has 0 radical (unpaired) electrons. The average molecular weight is 494 g/mol. The van der Waals surface area contributed by atoms with E-state index in [0.717, 1.165) is 38.0 Å². The highest BCUT2D eigenvalue weighted by Crippen LogP contribution is 2.52. The smallest absolute Gasteiger partial charge is 0.410 e. The van der Waals surface area contributed by atoms with E-state index in [0.29, 0.717) is 32.1 Å². The van der Waals surface area contributed by atoms with E-state index < -0.39 is 5.60 Å². The summed E-state index contributed by atoms with van der Waals surface area (Å²) in [5.41, 5.74) is 5.71. The molecule has 8 heteroatoms. The molecule has 8 nitrogen and oxygen atoms in total. The predicted octanol–water partition coefficient (Wildman–Crippen LogP) is 4.03. The van der Waals surface area contributed by atoms with Crippen LogP contribution < -0.4 is 10.2 Å². The molecule has 1 aromatic carbocycles. The number of carbonyl (C=O) groups is 1. The maximum absolute atomic E-state index is 12.8. The van der Waals surface area contributed by atoms with E-state index in [1.165, 1.54) is 28.1 Å². The van der Waals surface area contributed by atoms with Crippen molar-refractivity contribution in [3.8, 4) is 0 Å². The molecule has 0 saturated carbocycles. The van der Waals surface area contributed by atoms with Crippen LogP contribution in [0.15, 0.2) is 24.5 Å². The van der Waals surface area contributed by atoms with Gasteiger partial charge in [0.1, 0.15) is 17.7 Å². The number of aliphatic hydroxyl groups is 1. The molecule has 1 atom stereocenters. The highest BCUT2D eigenvalue weighted by Gasteiger charge is 2.48. The van der Waals surface area contributed by atoms with Crippen LogP contribution in [-0.2, 0) is 23.1 Å². The molecule has 2 aliphatic heterocycles. The Hall–Kier alpha value is -2.71. The highest BCUT2D eigenvalue weighted by molar-refractivity contribution is 5.75. The Bertz CT molecular complexity index is 1120. The van der Waals surface area contributed by atoms with Crippen molar-refractivity contribution in [2.45, 2.75) is 76.9 Å². The first-order valence-electron chi connectivity index (χ1n) is 13.3. The molecule has 3 aliphatic rings. The summed E-state index contributed by atoms with van der Waals surface area (Å²) in [6.07, 6.45) is 5.35. The molecule has 194 valence electrons. The van der Waals surface area contributed by atoms with Gasteiger partial charge >= 0.3 is 6.09 Å². The summed E-state index contributed by atoms with van der Waals surface area (Å²) in [5, 5.41) is 12.7. The standard InChI is InChI=1S/C28H39N5O3/c1-19-8-9-21-23(19)25(31-18-30-21)33-17-28(10-13-32(14-11-28)26(35)36-27(2,3)4)24-20(16-29-12-15-34)6-5-7-22(24)33/h5-7,18-19,29,34H,8-17H2,1-4H3/t19-/m1/s1. The number of anilines is 2. The third-order valence-electron chi connectivity index (χ3n) is 7.89. The lowest BCUT2D eigenvalue weighted by Gasteiger charge is -2.41. The molecule has 2 aromatic rings. The van der Waals surface area contributed by atoms with Gasteiger partial charge in [-0.3, -0.25) is 0 Å². The molecule has 36 heavy (non-hydrogen) atoms. The van der Waals surface area contributed by atoms with Crippen molar-refractivity contribution >= 4 is 17.6 Å². The summed E-state index contributed by atoms with van der Waals surface area (Å²) < 4.78 is 5.67. The Morgan fingerprint density at radius 1 is 1.25 bits per heavy atom. The van der Waals surface area contributed by atoms with Crippen molar-refractivity contribution in [3.05, 3.63) is 46.9 Å². The zero-order valence-corrected chi connectivity index (χ0v) is 22.0. The molecule has 0 bridgehead atoms. The maximum Gasteiger partial charge on any atom is 0.410 e. The zero-order valence-electron chi connectivity index (χ0n) is 22.0. The van der Waals surface area contributed by atoms with Gasteiger partial charge in [-0.1, -0.05) is 19.1 Å². The fourth-order valence-corrected chi connectivity index (χ4v) is 6.22. The van der Waals surface area contributed by atoms with Gasteiger partial charge in [-0.05, 0) is 69.6 Å². The first-order chi connectivity index (χ1) is 17.2. The van der Waals surface area contributed by atoms with Gasteiger partial charge in [0.25, 0.3) is 0 Å². The summed E-state index contributed by atoms with van der Waals surface area (Å²) in [6, 6.07) is 6.54. The van der Waals surface area contributed by atoms with Crippen molar-refractivity contribution in [1.29, 1.82) is 0 Å². The van der Waals surface area contributed by atoms with Gasteiger partial charge in [-0.25, -0.2) is 14.8 Å². The number of amides is 1. The Balaban J connectivity index is 1.50. The average Bonchev–Trinajstić information content (AvgIpc) is 3.38. The lowest BCUT2D eigenvalue weighted by Crippen LogP contribution is -2.48. The zero-order chi connectivity index (χ0) is 25.5. The summed E-state index contributed by atoms with van der Waals surface area (Å²) in [5.74, 6) is 1.48. The molecule has 1 aliphatic carbocycles. The number of aromatic nitrogens is 2. The van der Waals surface area contributed by atoms with Crippen molar-refractivity contribution in [2.24, 2.45) is 0 Å². The molecule has 1 aromatic heterocycles. The van der Waals surface area contributed by atoms with Crippen LogP contribution in [0, 0.1) is 0 Å². The fraction of sp³-hybridized carbons (Fsp3) is 0.607. The van der Waals surface area contributed by atoms with Crippen LogP contribution in [0.3, 0.4) is 0 Å². The van der Waals surface area contributed by atoms with Crippen molar-refractivity contribution in [3.63, 3.8) is 0 Å². The monoisotopic (exact) mass is 493 g/mol. The minimum atomic E-state index is -0.501. The number of likely N-dealkylation sites (tertiary alicyclic amines) is 1. The van der Waals surface area contributed by atoms with Crippen LogP contribution >= 0.6 is 0 Å². The number of hydrogen-bond donors (Lipinski definition) is 2. The van der Waals surface area contributed by atoms with Gasteiger partial charge in [-0.15, -0.1) is 0 Å². The van der Waals surface area contributed by atoms with Crippen molar-refractivity contribution in [1.82, 2.24) is 20.2 Å². The number of hydrogen-bond acceptors (Lipinski definition) is 7.